The summed E-state index contributed by atoms with van der Waals surface area (Å²) in [6.45, 7) is -1.21. The first-order chi connectivity index (χ1) is 12.7. The third kappa shape index (κ3) is 6.50. The fourth-order valence-electron chi connectivity index (χ4n) is 1.94. The molecule has 0 aliphatic rings. The molecular weight excluding hydrogens is 405 g/mol. The van der Waals surface area contributed by atoms with Gasteiger partial charge < -0.3 is 15.4 Å². The molecule has 0 fully saturated rings. The number of amides is 2. The predicted octanol–water partition coefficient (Wildman–Crippen LogP) is 3.18. The van der Waals surface area contributed by atoms with E-state index in [1.807, 2.05) is 0 Å². The Morgan fingerprint density at radius 2 is 1.67 bits per heavy atom. The fraction of sp³-hybridized carbons (Fsp3) is 0.118. The first-order valence-corrected chi connectivity index (χ1v) is 8.15. The average molecular weight is 417 g/mol. The van der Waals surface area contributed by atoms with Gasteiger partial charge in [0, 0.05) is 16.8 Å². The van der Waals surface area contributed by atoms with Gasteiger partial charge in [-0.3, -0.25) is 14.4 Å². The predicted molar refractivity (Wildman–Crippen MR) is 94.7 cm³/mol. The van der Waals surface area contributed by atoms with E-state index in [4.69, 9.17) is 23.2 Å². The normalized spacial score (nSPS) is 10.2. The highest BCUT2D eigenvalue weighted by Gasteiger charge is 2.14. The molecule has 2 N–H and O–H groups in total. The van der Waals surface area contributed by atoms with Crippen LogP contribution >= 0.6 is 23.2 Å². The van der Waals surface area contributed by atoms with Crippen LogP contribution in [-0.2, 0) is 14.3 Å². The molecule has 2 rings (SSSR count). The lowest BCUT2D eigenvalue weighted by Gasteiger charge is -2.08. The van der Waals surface area contributed by atoms with Crippen LogP contribution in [0.1, 0.15) is 10.4 Å². The zero-order valence-electron chi connectivity index (χ0n) is 13.5. The Labute approximate surface area is 162 Å². The van der Waals surface area contributed by atoms with E-state index in [0.29, 0.717) is 11.1 Å². The second kappa shape index (κ2) is 9.29. The Balaban J connectivity index is 1.78. The lowest BCUT2D eigenvalue weighted by molar-refractivity contribution is -0.146. The Bertz CT molecular complexity index is 873. The van der Waals surface area contributed by atoms with Crippen LogP contribution in [0.25, 0.3) is 0 Å². The summed E-state index contributed by atoms with van der Waals surface area (Å²) in [5.41, 5.74) is -0.0148. The molecule has 0 radical (unpaired) electrons. The van der Waals surface area contributed by atoms with E-state index < -0.39 is 42.6 Å². The molecule has 0 spiro atoms. The van der Waals surface area contributed by atoms with Crippen molar-refractivity contribution in [2.45, 2.75) is 0 Å². The van der Waals surface area contributed by atoms with Crippen LogP contribution in [0.4, 0.5) is 14.5 Å². The quantitative estimate of drug-likeness (QED) is 0.708. The number of hydrogen-bond donors (Lipinski definition) is 2. The van der Waals surface area contributed by atoms with Gasteiger partial charge in [-0.05, 0) is 30.3 Å². The van der Waals surface area contributed by atoms with Crippen molar-refractivity contribution in [3.8, 4) is 0 Å². The Hall–Kier alpha value is -2.71. The zero-order valence-corrected chi connectivity index (χ0v) is 15.0. The van der Waals surface area contributed by atoms with Crippen LogP contribution in [0.3, 0.4) is 0 Å². The van der Waals surface area contributed by atoms with Gasteiger partial charge in [-0.2, -0.15) is 0 Å². The summed E-state index contributed by atoms with van der Waals surface area (Å²) < 4.78 is 30.7. The van der Waals surface area contributed by atoms with Crippen molar-refractivity contribution in [3.05, 3.63) is 63.6 Å². The SMILES string of the molecule is O=C(COC(=O)CNC(=O)c1ccc(Cl)cc1Cl)Nc1cc(F)cc(F)c1. The summed E-state index contributed by atoms with van der Waals surface area (Å²) >= 11 is 11.6. The molecule has 142 valence electrons. The zero-order chi connectivity index (χ0) is 20.0. The van der Waals surface area contributed by atoms with Crippen LogP contribution in [0, 0.1) is 11.6 Å². The highest BCUT2D eigenvalue weighted by atomic mass is 35.5. The Morgan fingerprint density at radius 3 is 2.30 bits per heavy atom. The number of anilines is 1. The standard InChI is InChI=1S/C17H12Cl2F2N2O4/c18-9-1-2-13(14(19)3-9)17(26)22-7-16(25)27-8-15(24)23-12-5-10(20)4-11(21)6-12/h1-6H,7-8H2,(H,22,26)(H,23,24). The minimum Gasteiger partial charge on any atom is -0.454 e. The number of benzene rings is 2. The van der Waals surface area contributed by atoms with E-state index in [0.717, 1.165) is 12.1 Å². The van der Waals surface area contributed by atoms with Crippen molar-refractivity contribution in [2.75, 3.05) is 18.5 Å². The topological polar surface area (TPSA) is 84.5 Å². The molecule has 2 aromatic rings. The van der Waals surface area contributed by atoms with E-state index >= 15 is 0 Å². The molecular formula is C17H12Cl2F2N2O4. The lowest BCUT2D eigenvalue weighted by atomic mass is 10.2. The summed E-state index contributed by atoms with van der Waals surface area (Å²) in [6.07, 6.45) is 0. The smallest absolute Gasteiger partial charge is 0.325 e. The van der Waals surface area contributed by atoms with Gasteiger partial charge in [-0.1, -0.05) is 23.2 Å². The van der Waals surface area contributed by atoms with Crippen molar-refractivity contribution in [1.82, 2.24) is 5.32 Å². The molecule has 2 amide bonds. The summed E-state index contributed by atoms with van der Waals surface area (Å²) in [4.78, 5) is 35.1. The maximum atomic E-state index is 13.0. The summed E-state index contributed by atoms with van der Waals surface area (Å²) in [7, 11) is 0. The highest BCUT2D eigenvalue weighted by Crippen LogP contribution is 2.20. The van der Waals surface area contributed by atoms with Crippen LogP contribution < -0.4 is 10.6 Å². The van der Waals surface area contributed by atoms with Gasteiger partial charge in [0.1, 0.15) is 18.2 Å². The average Bonchev–Trinajstić information content (AvgIpc) is 2.57. The fourth-order valence-corrected chi connectivity index (χ4v) is 2.44. The third-order valence-corrected chi connectivity index (χ3v) is 3.63. The summed E-state index contributed by atoms with van der Waals surface area (Å²) in [5, 5.41) is 4.90. The van der Waals surface area contributed by atoms with Gasteiger partial charge in [0.2, 0.25) is 0 Å². The van der Waals surface area contributed by atoms with E-state index in [9.17, 15) is 23.2 Å². The molecule has 0 saturated heterocycles. The number of esters is 1. The number of carbonyl (C=O) groups is 3. The molecule has 0 bridgehead atoms. The second-order valence-electron chi connectivity index (χ2n) is 5.17. The van der Waals surface area contributed by atoms with E-state index in [1.54, 1.807) is 0 Å². The van der Waals surface area contributed by atoms with Crippen LogP contribution in [0.2, 0.25) is 10.0 Å². The minimum atomic E-state index is -0.894. The molecule has 6 nitrogen and oxygen atoms in total. The Kier molecular flexibility index (Phi) is 7.09. The van der Waals surface area contributed by atoms with Gasteiger partial charge in [0.15, 0.2) is 6.61 Å². The number of ether oxygens (including phenoxy) is 1. The summed E-state index contributed by atoms with van der Waals surface area (Å²) in [5.74, 6) is -4.07. The molecule has 0 heterocycles. The monoisotopic (exact) mass is 416 g/mol. The van der Waals surface area contributed by atoms with Crippen molar-refractivity contribution >= 4 is 46.7 Å². The molecule has 0 saturated carbocycles. The highest BCUT2D eigenvalue weighted by molar-refractivity contribution is 6.36. The first-order valence-electron chi connectivity index (χ1n) is 7.39. The molecule has 27 heavy (non-hydrogen) atoms. The first kappa shape index (κ1) is 20.6. The molecule has 10 heteroatoms. The van der Waals surface area contributed by atoms with Crippen LogP contribution in [-0.4, -0.2) is 30.9 Å². The van der Waals surface area contributed by atoms with E-state index in [-0.39, 0.29) is 16.3 Å². The van der Waals surface area contributed by atoms with Crippen LogP contribution in [0.5, 0.6) is 0 Å². The number of hydrogen-bond acceptors (Lipinski definition) is 4. The van der Waals surface area contributed by atoms with Crippen molar-refractivity contribution in [3.63, 3.8) is 0 Å². The molecule has 0 aromatic heterocycles. The van der Waals surface area contributed by atoms with Gasteiger partial charge in [-0.15, -0.1) is 0 Å². The summed E-state index contributed by atoms with van der Waals surface area (Å²) in [6, 6.07) is 6.66. The Morgan fingerprint density at radius 1 is 1.00 bits per heavy atom. The molecule has 2 aromatic carbocycles. The third-order valence-electron chi connectivity index (χ3n) is 3.08. The number of carbonyl (C=O) groups excluding carboxylic acids is 3. The van der Waals surface area contributed by atoms with Crippen molar-refractivity contribution in [2.24, 2.45) is 0 Å². The lowest BCUT2D eigenvalue weighted by Crippen LogP contribution is -2.32. The second-order valence-corrected chi connectivity index (χ2v) is 6.02. The molecule has 0 aliphatic carbocycles. The molecule has 0 unspecified atom stereocenters. The van der Waals surface area contributed by atoms with Gasteiger partial charge >= 0.3 is 5.97 Å². The van der Waals surface area contributed by atoms with E-state index in [1.165, 1.54) is 18.2 Å². The van der Waals surface area contributed by atoms with Gasteiger partial charge in [-0.25, -0.2) is 8.78 Å². The van der Waals surface area contributed by atoms with Gasteiger partial charge in [0.05, 0.1) is 10.6 Å². The van der Waals surface area contributed by atoms with E-state index in [2.05, 4.69) is 15.4 Å². The largest absolute Gasteiger partial charge is 0.454 e. The maximum absolute atomic E-state index is 13.0. The number of rotatable bonds is 6. The maximum Gasteiger partial charge on any atom is 0.325 e. The van der Waals surface area contributed by atoms with Crippen molar-refractivity contribution < 1.29 is 27.9 Å². The van der Waals surface area contributed by atoms with Crippen LogP contribution in [0.15, 0.2) is 36.4 Å². The number of nitrogens with one attached hydrogen (secondary N) is 2. The van der Waals surface area contributed by atoms with Crippen molar-refractivity contribution in [1.29, 1.82) is 0 Å². The van der Waals surface area contributed by atoms with Gasteiger partial charge in [0.25, 0.3) is 11.8 Å². The molecule has 0 aliphatic heterocycles. The minimum absolute atomic E-state index is 0.107. The molecule has 0 atom stereocenters. The number of halogens is 4.